The Morgan fingerprint density at radius 2 is 2.29 bits per heavy atom. The molecule has 0 unspecified atom stereocenters. The van der Waals surface area contributed by atoms with Crippen LogP contribution in [0.4, 0.5) is 5.69 Å². The maximum Gasteiger partial charge on any atom is 0.101 e. The molecule has 4 heteroatoms. The monoisotopic (exact) mass is 243 g/mol. The maximum absolute atomic E-state index is 9.19. The van der Waals surface area contributed by atoms with Crippen LogP contribution < -0.4 is 4.90 Å². The molecule has 0 N–H and O–H groups in total. The van der Waals surface area contributed by atoms with Crippen LogP contribution in [0.3, 0.4) is 0 Å². The number of aromatic nitrogens is 1. The van der Waals surface area contributed by atoms with Gasteiger partial charge in [-0.3, -0.25) is 0 Å². The maximum atomic E-state index is 9.19. The van der Waals surface area contributed by atoms with Crippen LogP contribution in [0.5, 0.6) is 0 Å². The molecule has 0 fully saturated rings. The highest BCUT2D eigenvalue weighted by Gasteiger charge is 2.08. The molecule has 0 aliphatic carbocycles. The molecular formula is C13H13N3S. The summed E-state index contributed by atoms with van der Waals surface area (Å²) >= 11 is 1.56. The fourth-order valence-electron chi connectivity index (χ4n) is 1.64. The zero-order chi connectivity index (χ0) is 12.3. The van der Waals surface area contributed by atoms with Crippen LogP contribution in [0.25, 0.3) is 11.3 Å². The summed E-state index contributed by atoms with van der Waals surface area (Å²) in [6.07, 6.45) is 0. The van der Waals surface area contributed by atoms with Gasteiger partial charge in [0.2, 0.25) is 0 Å². The first-order valence-corrected chi connectivity index (χ1v) is 6.34. The molecule has 0 bridgehead atoms. The highest BCUT2D eigenvalue weighted by molar-refractivity contribution is 7.07. The van der Waals surface area contributed by atoms with Crippen LogP contribution in [0, 0.1) is 11.3 Å². The van der Waals surface area contributed by atoms with E-state index in [1.807, 2.05) is 30.6 Å². The molecule has 2 rings (SSSR count). The van der Waals surface area contributed by atoms with Gasteiger partial charge in [0.25, 0.3) is 0 Å². The summed E-state index contributed by atoms with van der Waals surface area (Å²) in [6, 6.07) is 8.14. The number of rotatable bonds is 3. The molecule has 3 nitrogen and oxygen atoms in total. The molecule has 0 aliphatic heterocycles. The number of nitriles is 1. The average Bonchev–Trinajstić information content (AvgIpc) is 2.91. The van der Waals surface area contributed by atoms with Crippen molar-refractivity contribution in [3.63, 3.8) is 0 Å². The van der Waals surface area contributed by atoms with Gasteiger partial charge >= 0.3 is 0 Å². The summed E-state index contributed by atoms with van der Waals surface area (Å²) in [7, 11) is 1.98. The molecule has 0 atom stereocenters. The van der Waals surface area contributed by atoms with Crippen molar-refractivity contribution in [2.75, 3.05) is 18.5 Å². The van der Waals surface area contributed by atoms with Crippen molar-refractivity contribution in [1.29, 1.82) is 5.26 Å². The molecule has 86 valence electrons. The van der Waals surface area contributed by atoms with Crippen molar-refractivity contribution in [2.24, 2.45) is 0 Å². The van der Waals surface area contributed by atoms with Crippen LogP contribution in [0.1, 0.15) is 12.5 Å². The van der Waals surface area contributed by atoms with Crippen molar-refractivity contribution < 1.29 is 0 Å². The number of thiazole rings is 1. The van der Waals surface area contributed by atoms with Crippen molar-refractivity contribution >= 4 is 17.0 Å². The van der Waals surface area contributed by atoms with Gasteiger partial charge in [-0.15, -0.1) is 11.3 Å². The van der Waals surface area contributed by atoms with Crippen molar-refractivity contribution in [3.8, 4) is 17.3 Å². The summed E-state index contributed by atoms with van der Waals surface area (Å²) in [6.45, 7) is 2.94. The molecule has 1 aromatic heterocycles. The Hall–Kier alpha value is -1.86. The average molecular weight is 243 g/mol. The van der Waals surface area contributed by atoms with E-state index < -0.39 is 0 Å². The molecule has 0 spiro atoms. The van der Waals surface area contributed by atoms with E-state index >= 15 is 0 Å². The minimum Gasteiger partial charge on any atom is -0.374 e. The Balaban J connectivity index is 2.46. The third kappa shape index (κ3) is 2.29. The fourth-order valence-corrected chi connectivity index (χ4v) is 2.20. The SMILES string of the molecule is CCN(C)c1ccc(-c2cscn2)cc1C#N. The zero-order valence-corrected chi connectivity index (χ0v) is 10.7. The lowest BCUT2D eigenvalue weighted by Gasteiger charge is -2.18. The standard InChI is InChI=1S/C13H13N3S/c1-3-16(2)13-5-4-10(6-11(13)7-14)12-8-17-9-15-12/h4-6,8-9H,3H2,1-2H3. The molecule has 0 amide bonds. The molecule has 1 heterocycles. The van der Waals surface area contributed by atoms with Gasteiger partial charge in [0.1, 0.15) is 6.07 Å². The highest BCUT2D eigenvalue weighted by Crippen LogP contribution is 2.26. The Morgan fingerprint density at radius 3 is 2.88 bits per heavy atom. The highest BCUT2D eigenvalue weighted by atomic mass is 32.1. The van der Waals surface area contributed by atoms with Crippen molar-refractivity contribution in [1.82, 2.24) is 4.98 Å². The number of anilines is 1. The van der Waals surface area contributed by atoms with Gasteiger partial charge in [0.15, 0.2) is 0 Å². The molecule has 0 radical (unpaired) electrons. The normalized spacial score (nSPS) is 9.94. The molecular weight excluding hydrogens is 230 g/mol. The Labute approximate surface area is 105 Å². The van der Waals surface area contributed by atoms with Gasteiger partial charge < -0.3 is 4.90 Å². The summed E-state index contributed by atoms with van der Waals surface area (Å²) < 4.78 is 0. The minimum absolute atomic E-state index is 0.694. The van der Waals surface area contributed by atoms with Crippen molar-refractivity contribution in [2.45, 2.75) is 6.92 Å². The van der Waals surface area contributed by atoms with E-state index in [-0.39, 0.29) is 0 Å². The van der Waals surface area contributed by atoms with E-state index in [1.54, 1.807) is 16.8 Å². The molecule has 17 heavy (non-hydrogen) atoms. The predicted octanol–water partition coefficient (Wildman–Crippen LogP) is 3.14. The molecule has 1 aromatic carbocycles. The Bertz CT molecular complexity index is 540. The zero-order valence-electron chi connectivity index (χ0n) is 9.84. The molecule has 0 saturated heterocycles. The molecule has 0 aliphatic rings. The van der Waals surface area contributed by atoms with E-state index in [0.717, 1.165) is 23.5 Å². The quantitative estimate of drug-likeness (QED) is 0.831. The summed E-state index contributed by atoms with van der Waals surface area (Å²) in [5, 5.41) is 11.2. The predicted molar refractivity (Wildman–Crippen MR) is 71.2 cm³/mol. The number of hydrogen-bond donors (Lipinski definition) is 0. The van der Waals surface area contributed by atoms with Gasteiger partial charge in [0, 0.05) is 24.5 Å². The van der Waals surface area contributed by atoms with Crippen LogP contribution in [0.2, 0.25) is 0 Å². The number of nitrogens with zero attached hydrogens (tertiary/aromatic N) is 3. The topological polar surface area (TPSA) is 39.9 Å². The van der Waals surface area contributed by atoms with E-state index in [9.17, 15) is 5.26 Å². The first-order valence-electron chi connectivity index (χ1n) is 5.40. The van der Waals surface area contributed by atoms with E-state index in [2.05, 4.69) is 22.9 Å². The number of hydrogen-bond acceptors (Lipinski definition) is 4. The second-order valence-corrected chi connectivity index (χ2v) is 4.45. The largest absolute Gasteiger partial charge is 0.374 e. The second kappa shape index (κ2) is 4.98. The Morgan fingerprint density at radius 1 is 1.47 bits per heavy atom. The third-order valence-corrected chi connectivity index (χ3v) is 3.32. The smallest absolute Gasteiger partial charge is 0.101 e. The van der Waals surface area contributed by atoms with Gasteiger partial charge in [-0.2, -0.15) is 5.26 Å². The van der Waals surface area contributed by atoms with Crippen LogP contribution >= 0.6 is 11.3 Å². The minimum atomic E-state index is 0.694. The first-order chi connectivity index (χ1) is 8.26. The number of benzene rings is 1. The van der Waals surface area contributed by atoms with Gasteiger partial charge in [-0.25, -0.2) is 4.98 Å². The van der Waals surface area contributed by atoms with Crippen LogP contribution in [-0.4, -0.2) is 18.6 Å². The molecule has 0 saturated carbocycles. The van der Waals surface area contributed by atoms with Crippen LogP contribution in [0.15, 0.2) is 29.1 Å². The lowest BCUT2D eigenvalue weighted by atomic mass is 10.1. The van der Waals surface area contributed by atoms with Crippen LogP contribution in [-0.2, 0) is 0 Å². The Kier molecular flexibility index (Phi) is 3.40. The summed E-state index contributed by atoms with van der Waals surface area (Å²) in [4.78, 5) is 6.31. The lowest BCUT2D eigenvalue weighted by Crippen LogP contribution is -2.16. The first kappa shape index (κ1) is 11.6. The second-order valence-electron chi connectivity index (χ2n) is 3.73. The van der Waals surface area contributed by atoms with Gasteiger partial charge in [0.05, 0.1) is 22.5 Å². The summed E-state index contributed by atoms with van der Waals surface area (Å²) in [5.41, 5.74) is 5.38. The van der Waals surface area contributed by atoms with Gasteiger partial charge in [-0.05, 0) is 19.1 Å². The van der Waals surface area contributed by atoms with E-state index in [4.69, 9.17) is 0 Å². The fraction of sp³-hybridized carbons (Fsp3) is 0.231. The van der Waals surface area contributed by atoms with Crippen molar-refractivity contribution in [3.05, 3.63) is 34.7 Å². The lowest BCUT2D eigenvalue weighted by molar-refractivity contribution is 0.965. The summed E-state index contributed by atoms with van der Waals surface area (Å²) in [5.74, 6) is 0. The third-order valence-electron chi connectivity index (χ3n) is 2.73. The van der Waals surface area contributed by atoms with E-state index in [1.165, 1.54) is 0 Å². The van der Waals surface area contributed by atoms with E-state index in [0.29, 0.717) is 5.56 Å². The molecule has 2 aromatic rings. The van der Waals surface area contributed by atoms with Gasteiger partial charge in [-0.1, -0.05) is 6.07 Å².